The molecule has 1 saturated heterocycles. The van der Waals surface area contributed by atoms with E-state index in [2.05, 4.69) is 21.8 Å². The van der Waals surface area contributed by atoms with E-state index in [0.717, 1.165) is 0 Å². The summed E-state index contributed by atoms with van der Waals surface area (Å²) in [5.74, 6) is 5.21. The first kappa shape index (κ1) is 16.2. The average molecular weight is 345 g/mol. The second-order valence-electron chi connectivity index (χ2n) is 5.18. The molecule has 5 nitrogen and oxygen atoms in total. The summed E-state index contributed by atoms with van der Waals surface area (Å²) in [4.78, 5) is 24.0. The van der Waals surface area contributed by atoms with E-state index < -0.39 is 5.50 Å². The number of amides is 1. The first-order chi connectivity index (χ1) is 11.6. The fourth-order valence-electron chi connectivity index (χ4n) is 2.33. The predicted octanol–water partition coefficient (Wildman–Crippen LogP) is 1.88. The van der Waals surface area contributed by atoms with Gasteiger partial charge in [0.05, 0.1) is 6.54 Å². The molecule has 2 heterocycles. The molecule has 0 bridgehead atoms. The van der Waals surface area contributed by atoms with E-state index in [-0.39, 0.29) is 11.7 Å². The minimum Gasteiger partial charge on any atom is -0.327 e. The second-order valence-corrected chi connectivity index (χ2v) is 5.69. The minimum absolute atomic E-state index is 0.307. The van der Waals surface area contributed by atoms with Gasteiger partial charge in [0, 0.05) is 37.0 Å². The average Bonchev–Trinajstić information content (AvgIpc) is 2.61. The van der Waals surface area contributed by atoms with Crippen LogP contribution in [0.5, 0.6) is 0 Å². The maximum Gasteiger partial charge on any atom is 0.299 e. The Morgan fingerprint density at radius 3 is 2.58 bits per heavy atom. The molecule has 0 radical (unpaired) electrons. The van der Waals surface area contributed by atoms with Crippen LogP contribution < -0.4 is 4.90 Å². The van der Waals surface area contributed by atoms with Crippen LogP contribution in [0.1, 0.15) is 5.56 Å². The molecule has 1 aromatic carbocycles. The molecular formula is C17H14ClFN4O. The smallest absolute Gasteiger partial charge is 0.299 e. The Morgan fingerprint density at radius 1 is 1.21 bits per heavy atom. The van der Waals surface area contributed by atoms with Crippen LogP contribution in [0.3, 0.4) is 0 Å². The van der Waals surface area contributed by atoms with Crippen LogP contribution in [-0.4, -0.2) is 45.9 Å². The lowest BCUT2D eigenvalue weighted by Gasteiger charge is -2.37. The topological polar surface area (TPSA) is 49.3 Å². The fourth-order valence-corrected chi connectivity index (χ4v) is 2.68. The van der Waals surface area contributed by atoms with Crippen molar-refractivity contribution in [3.05, 3.63) is 54.1 Å². The van der Waals surface area contributed by atoms with Gasteiger partial charge in [-0.1, -0.05) is 17.5 Å². The number of alkyl halides is 1. The van der Waals surface area contributed by atoms with Crippen LogP contribution in [0, 0.1) is 17.7 Å². The van der Waals surface area contributed by atoms with Gasteiger partial charge >= 0.3 is 0 Å². The first-order valence-electron chi connectivity index (χ1n) is 7.38. The number of carbonyl (C=O) groups excluding carboxylic acids is 1. The number of rotatable bonds is 1. The monoisotopic (exact) mass is 344 g/mol. The van der Waals surface area contributed by atoms with Gasteiger partial charge in [0.1, 0.15) is 11.3 Å². The number of anilines is 1. The summed E-state index contributed by atoms with van der Waals surface area (Å²) in [6.07, 6.45) is 3.30. The van der Waals surface area contributed by atoms with E-state index in [0.29, 0.717) is 31.1 Å². The van der Waals surface area contributed by atoms with Gasteiger partial charge < -0.3 is 9.80 Å². The molecule has 1 amide bonds. The van der Waals surface area contributed by atoms with Crippen molar-refractivity contribution in [1.29, 1.82) is 0 Å². The van der Waals surface area contributed by atoms with Crippen molar-refractivity contribution in [3.63, 3.8) is 0 Å². The number of carbonyl (C=O) groups is 1. The van der Waals surface area contributed by atoms with E-state index in [1.54, 1.807) is 23.4 Å². The molecule has 24 heavy (non-hydrogen) atoms. The third-order valence-corrected chi connectivity index (χ3v) is 3.95. The highest BCUT2D eigenvalue weighted by atomic mass is 35.5. The van der Waals surface area contributed by atoms with Gasteiger partial charge in [0.15, 0.2) is 0 Å². The van der Waals surface area contributed by atoms with Gasteiger partial charge in [0.2, 0.25) is 5.95 Å². The molecule has 1 aliphatic heterocycles. The van der Waals surface area contributed by atoms with Gasteiger partial charge in [-0.15, -0.1) is 0 Å². The van der Waals surface area contributed by atoms with Crippen molar-refractivity contribution in [2.24, 2.45) is 0 Å². The zero-order chi connectivity index (χ0) is 16.9. The molecule has 1 aliphatic rings. The number of hydrogen-bond acceptors (Lipinski definition) is 4. The van der Waals surface area contributed by atoms with Crippen LogP contribution in [-0.2, 0) is 4.79 Å². The van der Waals surface area contributed by atoms with Crippen molar-refractivity contribution in [3.8, 4) is 11.8 Å². The summed E-state index contributed by atoms with van der Waals surface area (Å²) in [7, 11) is 0. The van der Waals surface area contributed by atoms with Gasteiger partial charge in [-0.3, -0.25) is 4.79 Å². The van der Waals surface area contributed by atoms with Crippen molar-refractivity contribution in [2.75, 3.05) is 24.5 Å². The molecule has 0 N–H and O–H groups in total. The zero-order valence-electron chi connectivity index (χ0n) is 12.7. The second kappa shape index (κ2) is 7.28. The van der Waals surface area contributed by atoms with Crippen LogP contribution in [0.2, 0.25) is 0 Å². The first-order valence-corrected chi connectivity index (χ1v) is 7.81. The number of benzene rings is 1. The van der Waals surface area contributed by atoms with E-state index in [9.17, 15) is 9.18 Å². The summed E-state index contributed by atoms with van der Waals surface area (Å²) >= 11 is 6.35. The number of piperazine rings is 1. The van der Waals surface area contributed by atoms with Crippen LogP contribution in [0.25, 0.3) is 0 Å². The quantitative estimate of drug-likeness (QED) is 0.450. The standard InChI is InChI=1S/C17H14ClFN4O/c18-15-12-22(10-11-23(15)17-20-8-1-9-21-17)16(24)7-4-13-2-5-14(19)6-3-13/h1-3,5-6,8-9,15H,10-12H2. The SMILES string of the molecule is O=C(C#Cc1ccc(F)cc1)N1CCN(c2ncccn2)C(Cl)C1. The number of nitrogens with zero attached hydrogens (tertiary/aromatic N) is 4. The Kier molecular flexibility index (Phi) is 4.92. The molecule has 1 fully saturated rings. The fraction of sp³-hybridized carbons (Fsp3) is 0.235. The Morgan fingerprint density at radius 2 is 1.92 bits per heavy atom. The maximum absolute atomic E-state index is 12.8. The molecule has 3 rings (SSSR count). The molecule has 0 spiro atoms. The third-order valence-electron chi connectivity index (χ3n) is 3.57. The summed E-state index contributed by atoms with van der Waals surface area (Å²) in [5, 5.41) is 0. The maximum atomic E-state index is 12.8. The largest absolute Gasteiger partial charge is 0.327 e. The third kappa shape index (κ3) is 3.81. The Hall–Kier alpha value is -2.65. The molecular weight excluding hydrogens is 331 g/mol. The van der Waals surface area contributed by atoms with Crippen LogP contribution in [0.4, 0.5) is 10.3 Å². The van der Waals surface area contributed by atoms with Crippen LogP contribution in [0.15, 0.2) is 42.7 Å². The molecule has 7 heteroatoms. The van der Waals surface area contributed by atoms with E-state index in [1.165, 1.54) is 24.3 Å². The predicted molar refractivity (Wildman–Crippen MR) is 88.9 cm³/mol. The lowest BCUT2D eigenvalue weighted by molar-refractivity contribution is -0.125. The van der Waals surface area contributed by atoms with Crippen molar-refractivity contribution < 1.29 is 9.18 Å². The summed E-state index contributed by atoms with van der Waals surface area (Å²) in [5.41, 5.74) is 0.168. The molecule has 122 valence electrons. The molecule has 0 aliphatic carbocycles. The minimum atomic E-state index is -0.419. The highest BCUT2D eigenvalue weighted by Crippen LogP contribution is 2.18. The van der Waals surface area contributed by atoms with E-state index in [1.807, 2.05) is 4.90 Å². The van der Waals surface area contributed by atoms with Crippen molar-refractivity contribution in [2.45, 2.75) is 5.50 Å². The van der Waals surface area contributed by atoms with Gasteiger partial charge in [-0.2, -0.15) is 0 Å². The lowest BCUT2D eigenvalue weighted by Crippen LogP contribution is -2.53. The summed E-state index contributed by atoms with van der Waals surface area (Å²) in [6.45, 7) is 1.34. The van der Waals surface area contributed by atoms with E-state index in [4.69, 9.17) is 11.6 Å². The van der Waals surface area contributed by atoms with Gasteiger partial charge in [-0.05, 0) is 30.3 Å². The Labute approximate surface area is 144 Å². The Balaban J connectivity index is 1.63. The van der Waals surface area contributed by atoms with E-state index >= 15 is 0 Å². The number of aromatic nitrogens is 2. The molecule has 2 aromatic rings. The molecule has 1 unspecified atom stereocenters. The molecule has 1 aromatic heterocycles. The van der Waals surface area contributed by atoms with Gasteiger partial charge in [-0.25, -0.2) is 14.4 Å². The number of hydrogen-bond donors (Lipinski definition) is 0. The summed E-state index contributed by atoms with van der Waals surface area (Å²) in [6, 6.07) is 7.41. The highest BCUT2D eigenvalue weighted by Gasteiger charge is 2.28. The van der Waals surface area contributed by atoms with Crippen LogP contribution >= 0.6 is 11.6 Å². The summed E-state index contributed by atoms with van der Waals surface area (Å²) < 4.78 is 12.8. The van der Waals surface area contributed by atoms with Gasteiger partial charge in [0.25, 0.3) is 5.91 Å². The van der Waals surface area contributed by atoms with Crippen molar-refractivity contribution in [1.82, 2.24) is 14.9 Å². The highest BCUT2D eigenvalue weighted by molar-refractivity contribution is 6.22. The zero-order valence-corrected chi connectivity index (χ0v) is 13.4. The number of halogens is 2. The lowest BCUT2D eigenvalue weighted by atomic mass is 10.2. The van der Waals surface area contributed by atoms with Crippen molar-refractivity contribution >= 4 is 23.5 Å². The molecule has 0 saturated carbocycles. The Bertz CT molecular complexity index is 773. The normalized spacial score (nSPS) is 17.2. The molecule has 1 atom stereocenters.